The minimum absolute atomic E-state index is 0.0150. The second kappa shape index (κ2) is 4.26. The van der Waals surface area contributed by atoms with Crippen LogP contribution in [0.15, 0.2) is 45.6 Å². The van der Waals surface area contributed by atoms with Crippen LogP contribution >= 0.6 is 27.3 Å². The second-order valence-corrected chi connectivity index (χ2v) is 4.79. The highest BCUT2D eigenvalue weighted by atomic mass is 79.9. The molecule has 0 aliphatic carbocycles. The maximum Gasteiger partial charge on any atom is 0.0560 e. The molecule has 2 aromatic rings. The Hall–Kier alpha value is -0.640. The Balaban J connectivity index is 2.32. The summed E-state index contributed by atoms with van der Waals surface area (Å²) in [5.74, 6) is 0. The molecule has 0 aliphatic rings. The van der Waals surface area contributed by atoms with Crippen LogP contribution in [0.25, 0.3) is 0 Å². The summed E-state index contributed by atoms with van der Waals surface area (Å²) >= 11 is 5.12. The number of benzene rings is 1. The predicted molar refractivity (Wildman–Crippen MR) is 64.5 cm³/mol. The zero-order valence-corrected chi connectivity index (χ0v) is 9.88. The summed E-state index contributed by atoms with van der Waals surface area (Å²) in [6, 6.07) is 10.2. The highest BCUT2D eigenvalue weighted by Gasteiger charge is 2.08. The summed E-state index contributed by atoms with van der Waals surface area (Å²) in [4.78, 5) is 0. The highest BCUT2D eigenvalue weighted by molar-refractivity contribution is 9.10. The number of hydrogen-bond acceptors (Lipinski definition) is 2. The molecule has 0 aliphatic heterocycles. The van der Waals surface area contributed by atoms with Gasteiger partial charge in [-0.2, -0.15) is 11.3 Å². The first-order chi connectivity index (χ1) is 6.77. The van der Waals surface area contributed by atoms with E-state index < -0.39 is 0 Å². The van der Waals surface area contributed by atoms with Gasteiger partial charge < -0.3 is 5.73 Å². The molecular weight excluding hydrogens is 258 g/mol. The third-order valence-corrected chi connectivity index (χ3v) is 3.30. The fourth-order valence-electron chi connectivity index (χ4n) is 1.34. The molecule has 1 aromatic carbocycles. The molecule has 0 saturated carbocycles. The summed E-state index contributed by atoms with van der Waals surface area (Å²) < 4.78 is 1.07. The van der Waals surface area contributed by atoms with Gasteiger partial charge in [0, 0.05) is 4.47 Å². The average molecular weight is 268 g/mol. The van der Waals surface area contributed by atoms with Gasteiger partial charge in [0.15, 0.2) is 0 Å². The molecule has 0 radical (unpaired) electrons. The molecule has 0 unspecified atom stereocenters. The van der Waals surface area contributed by atoms with Crippen LogP contribution in [0.5, 0.6) is 0 Å². The van der Waals surface area contributed by atoms with E-state index in [1.807, 2.05) is 23.6 Å². The first kappa shape index (κ1) is 9.90. The van der Waals surface area contributed by atoms with Gasteiger partial charge in [0.05, 0.1) is 6.04 Å². The average Bonchev–Trinajstić information content (AvgIpc) is 2.69. The number of rotatable bonds is 2. The Labute approximate surface area is 95.7 Å². The standard InChI is InChI=1S/C11H10BrNS/c12-10-3-1-2-8(6-10)11(13)9-4-5-14-7-9/h1-7,11H,13H2/t11-/m0/s1. The monoisotopic (exact) mass is 267 g/mol. The first-order valence-corrected chi connectivity index (χ1v) is 6.04. The molecule has 0 spiro atoms. The van der Waals surface area contributed by atoms with Gasteiger partial charge in [-0.3, -0.25) is 0 Å². The lowest BCUT2D eigenvalue weighted by atomic mass is 10.0. The molecule has 14 heavy (non-hydrogen) atoms. The lowest BCUT2D eigenvalue weighted by molar-refractivity contribution is 0.876. The fraction of sp³-hybridized carbons (Fsp3) is 0.0909. The zero-order chi connectivity index (χ0) is 9.97. The van der Waals surface area contributed by atoms with Crippen LogP contribution in [0.3, 0.4) is 0 Å². The minimum atomic E-state index is -0.0150. The maximum absolute atomic E-state index is 6.12. The van der Waals surface area contributed by atoms with Crippen LogP contribution in [0.2, 0.25) is 0 Å². The van der Waals surface area contributed by atoms with E-state index in [4.69, 9.17) is 5.73 Å². The molecule has 2 rings (SSSR count). The van der Waals surface area contributed by atoms with Crippen LogP contribution in [-0.4, -0.2) is 0 Å². The topological polar surface area (TPSA) is 26.0 Å². The lowest BCUT2D eigenvalue weighted by Crippen LogP contribution is -2.10. The Kier molecular flexibility index (Phi) is 3.01. The van der Waals surface area contributed by atoms with Crippen LogP contribution in [0.1, 0.15) is 17.2 Å². The zero-order valence-electron chi connectivity index (χ0n) is 7.48. The Morgan fingerprint density at radius 1 is 1.21 bits per heavy atom. The molecule has 0 bridgehead atoms. The van der Waals surface area contributed by atoms with E-state index in [1.54, 1.807) is 11.3 Å². The highest BCUT2D eigenvalue weighted by Crippen LogP contribution is 2.23. The molecule has 1 heterocycles. The second-order valence-electron chi connectivity index (χ2n) is 3.09. The van der Waals surface area contributed by atoms with Crippen molar-refractivity contribution in [2.75, 3.05) is 0 Å². The van der Waals surface area contributed by atoms with Crippen molar-refractivity contribution in [1.29, 1.82) is 0 Å². The van der Waals surface area contributed by atoms with Crippen molar-refractivity contribution in [3.05, 3.63) is 56.7 Å². The fourth-order valence-corrected chi connectivity index (χ4v) is 2.46. The Morgan fingerprint density at radius 3 is 2.71 bits per heavy atom. The molecular formula is C11H10BrNS. The van der Waals surface area contributed by atoms with Gasteiger partial charge in [-0.1, -0.05) is 28.1 Å². The molecule has 0 saturated heterocycles. The van der Waals surface area contributed by atoms with Gasteiger partial charge in [0.25, 0.3) is 0 Å². The maximum atomic E-state index is 6.12. The first-order valence-electron chi connectivity index (χ1n) is 4.30. The third-order valence-electron chi connectivity index (χ3n) is 2.11. The van der Waals surface area contributed by atoms with E-state index in [9.17, 15) is 0 Å². The quantitative estimate of drug-likeness (QED) is 0.885. The largest absolute Gasteiger partial charge is 0.320 e. The summed E-state index contributed by atoms with van der Waals surface area (Å²) in [5.41, 5.74) is 8.43. The van der Waals surface area contributed by atoms with Gasteiger partial charge in [-0.15, -0.1) is 0 Å². The minimum Gasteiger partial charge on any atom is -0.320 e. The van der Waals surface area contributed by atoms with Crippen LogP contribution < -0.4 is 5.73 Å². The van der Waals surface area contributed by atoms with Crippen LogP contribution in [0.4, 0.5) is 0 Å². The SMILES string of the molecule is N[C@H](c1ccsc1)c1cccc(Br)c1. The van der Waals surface area contributed by atoms with E-state index >= 15 is 0 Å². The molecule has 2 N–H and O–H groups in total. The van der Waals surface area contributed by atoms with Crippen molar-refractivity contribution >= 4 is 27.3 Å². The summed E-state index contributed by atoms with van der Waals surface area (Å²) in [5, 5.41) is 4.14. The molecule has 3 heteroatoms. The summed E-state index contributed by atoms with van der Waals surface area (Å²) in [7, 11) is 0. The Morgan fingerprint density at radius 2 is 2.07 bits per heavy atom. The van der Waals surface area contributed by atoms with Crippen LogP contribution in [0, 0.1) is 0 Å². The van der Waals surface area contributed by atoms with Gasteiger partial charge in [0.2, 0.25) is 0 Å². The number of nitrogens with two attached hydrogens (primary N) is 1. The van der Waals surface area contributed by atoms with E-state index in [-0.39, 0.29) is 6.04 Å². The smallest absolute Gasteiger partial charge is 0.0560 e. The van der Waals surface area contributed by atoms with Gasteiger partial charge >= 0.3 is 0 Å². The lowest BCUT2D eigenvalue weighted by Gasteiger charge is -2.10. The van der Waals surface area contributed by atoms with Gasteiger partial charge in [-0.05, 0) is 40.1 Å². The molecule has 1 aromatic heterocycles. The van der Waals surface area contributed by atoms with Crippen LogP contribution in [-0.2, 0) is 0 Å². The van der Waals surface area contributed by atoms with Crippen molar-refractivity contribution in [2.45, 2.75) is 6.04 Å². The van der Waals surface area contributed by atoms with Crippen molar-refractivity contribution in [3.8, 4) is 0 Å². The molecule has 1 atom stereocenters. The number of thiophene rings is 1. The van der Waals surface area contributed by atoms with E-state index in [1.165, 1.54) is 5.56 Å². The van der Waals surface area contributed by atoms with Crippen molar-refractivity contribution in [1.82, 2.24) is 0 Å². The van der Waals surface area contributed by atoms with E-state index in [0.717, 1.165) is 10.0 Å². The number of hydrogen-bond donors (Lipinski definition) is 1. The van der Waals surface area contributed by atoms with Crippen molar-refractivity contribution in [3.63, 3.8) is 0 Å². The Bertz CT molecular complexity index is 411. The molecule has 1 nitrogen and oxygen atoms in total. The normalized spacial score (nSPS) is 12.7. The molecule has 0 fully saturated rings. The van der Waals surface area contributed by atoms with E-state index in [2.05, 4.69) is 33.4 Å². The predicted octanol–water partition coefficient (Wildman–Crippen LogP) is 3.56. The van der Waals surface area contributed by atoms with Crippen molar-refractivity contribution < 1.29 is 0 Å². The third kappa shape index (κ3) is 2.05. The number of halogens is 1. The van der Waals surface area contributed by atoms with Gasteiger partial charge in [-0.25, -0.2) is 0 Å². The van der Waals surface area contributed by atoms with Crippen molar-refractivity contribution in [2.24, 2.45) is 5.73 Å². The van der Waals surface area contributed by atoms with Gasteiger partial charge in [0.1, 0.15) is 0 Å². The summed E-state index contributed by atoms with van der Waals surface area (Å²) in [6.45, 7) is 0. The summed E-state index contributed by atoms with van der Waals surface area (Å²) in [6.07, 6.45) is 0. The molecule has 72 valence electrons. The van der Waals surface area contributed by atoms with E-state index in [0.29, 0.717) is 0 Å². The molecule has 0 amide bonds.